The molecule has 1 aliphatic heterocycles. The Kier molecular flexibility index (Phi) is 6.33. The summed E-state index contributed by atoms with van der Waals surface area (Å²) in [5.74, 6) is 1.16. The maximum Gasteiger partial charge on any atom is 0.224 e. The molecule has 2 heterocycles. The minimum absolute atomic E-state index is 0.0934. The number of aromatic nitrogens is 2. The first-order chi connectivity index (χ1) is 14.6. The van der Waals surface area contributed by atoms with Gasteiger partial charge in [0.2, 0.25) is 5.91 Å². The van der Waals surface area contributed by atoms with E-state index in [0.717, 1.165) is 68.2 Å². The van der Waals surface area contributed by atoms with Crippen molar-refractivity contribution in [3.63, 3.8) is 0 Å². The van der Waals surface area contributed by atoms with E-state index >= 15 is 0 Å². The van der Waals surface area contributed by atoms with Gasteiger partial charge in [0.1, 0.15) is 0 Å². The summed E-state index contributed by atoms with van der Waals surface area (Å²) in [7, 11) is 0. The molecule has 0 saturated carbocycles. The fourth-order valence-corrected chi connectivity index (χ4v) is 4.12. The highest BCUT2D eigenvalue weighted by molar-refractivity contribution is 5.91. The Bertz CT molecular complexity index is 1000. The molecule has 4 rings (SSSR count). The lowest BCUT2D eigenvalue weighted by atomic mass is 10.1. The number of aryl methyl sites for hydroxylation is 1. The average molecular weight is 406 g/mol. The number of rotatable bonds is 7. The van der Waals surface area contributed by atoms with E-state index in [0.29, 0.717) is 6.42 Å². The number of amides is 1. The number of nitrogens with one attached hydrogen (secondary N) is 2. The molecule has 0 radical (unpaired) electrons. The molecule has 3 aromatic rings. The Hall–Kier alpha value is -2.86. The minimum Gasteiger partial charge on any atom is -0.352 e. The Morgan fingerprint density at radius 1 is 1.13 bits per heavy atom. The second-order valence-corrected chi connectivity index (χ2v) is 8.12. The molecule has 1 saturated heterocycles. The fourth-order valence-electron chi connectivity index (χ4n) is 4.12. The van der Waals surface area contributed by atoms with Crippen LogP contribution >= 0.6 is 0 Å². The molecule has 0 bridgehead atoms. The number of fused-ring (bicyclic) bond motifs is 1. The number of carbonyl (C=O) groups excluding carboxylic acids is 1. The molecule has 0 unspecified atom stereocenters. The summed E-state index contributed by atoms with van der Waals surface area (Å²) in [5, 5.41) is 11.9. The fraction of sp³-hybridized carbons (Fsp3) is 0.417. The zero-order valence-electron chi connectivity index (χ0n) is 17.9. The Morgan fingerprint density at radius 2 is 1.93 bits per heavy atom. The molecule has 1 fully saturated rings. The Morgan fingerprint density at radius 3 is 2.70 bits per heavy atom. The Labute approximate surface area is 178 Å². The zero-order valence-corrected chi connectivity index (χ0v) is 17.9. The summed E-state index contributed by atoms with van der Waals surface area (Å²) in [4.78, 5) is 16.7. The van der Waals surface area contributed by atoms with E-state index in [9.17, 15) is 4.79 Å². The second-order valence-electron chi connectivity index (χ2n) is 8.12. The van der Waals surface area contributed by atoms with Crippen molar-refractivity contribution in [1.29, 1.82) is 0 Å². The summed E-state index contributed by atoms with van der Waals surface area (Å²) in [5.41, 5.74) is 4.48. The third-order valence-corrected chi connectivity index (χ3v) is 5.88. The first-order valence-electron chi connectivity index (χ1n) is 10.9. The van der Waals surface area contributed by atoms with Crippen LogP contribution in [0.4, 0.5) is 11.5 Å². The molecule has 2 aromatic carbocycles. The maximum absolute atomic E-state index is 11.8. The monoisotopic (exact) mass is 405 g/mol. The van der Waals surface area contributed by atoms with Gasteiger partial charge in [-0.15, -0.1) is 0 Å². The van der Waals surface area contributed by atoms with Gasteiger partial charge in [0.15, 0.2) is 5.82 Å². The summed E-state index contributed by atoms with van der Waals surface area (Å²) >= 11 is 0. The van der Waals surface area contributed by atoms with Crippen molar-refractivity contribution in [1.82, 2.24) is 15.1 Å². The van der Waals surface area contributed by atoms with Gasteiger partial charge in [-0.05, 0) is 49.1 Å². The number of nitrogens with zero attached hydrogens (tertiary/aromatic N) is 3. The van der Waals surface area contributed by atoms with Crippen LogP contribution in [0.5, 0.6) is 0 Å². The number of hydrogen-bond donors (Lipinski definition) is 2. The molecular weight excluding hydrogens is 374 g/mol. The van der Waals surface area contributed by atoms with Crippen LogP contribution in [0.25, 0.3) is 10.9 Å². The van der Waals surface area contributed by atoms with Crippen molar-refractivity contribution in [3.8, 4) is 0 Å². The van der Waals surface area contributed by atoms with Gasteiger partial charge >= 0.3 is 0 Å². The standard InChI is InChI=1S/C24H31N5O/c1-3-6-23(30)25-21-10-9-19(17-18(21)2)11-12-28-13-15-29(16-14-28)24-20-7-4-5-8-22(20)26-27-24/h4-5,7-10,17H,3,6,11-16H2,1-2H3,(H,25,30)(H,26,27). The summed E-state index contributed by atoms with van der Waals surface area (Å²) in [6.07, 6.45) is 2.46. The first-order valence-corrected chi connectivity index (χ1v) is 10.9. The molecule has 1 aliphatic rings. The third kappa shape index (κ3) is 4.65. The molecule has 2 N–H and O–H groups in total. The second kappa shape index (κ2) is 9.30. The lowest BCUT2D eigenvalue weighted by molar-refractivity contribution is -0.116. The molecule has 0 aliphatic carbocycles. The van der Waals surface area contributed by atoms with Gasteiger partial charge in [-0.1, -0.05) is 31.2 Å². The minimum atomic E-state index is 0.0934. The van der Waals surface area contributed by atoms with Crippen molar-refractivity contribution in [2.24, 2.45) is 0 Å². The van der Waals surface area contributed by atoms with E-state index in [-0.39, 0.29) is 5.91 Å². The van der Waals surface area contributed by atoms with Crippen molar-refractivity contribution >= 4 is 28.3 Å². The van der Waals surface area contributed by atoms with Crippen LogP contribution in [-0.2, 0) is 11.2 Å². The highest BCUT2D eigenvalue weighted by Gasteiger charge is 2.20. The van der Waals surface area contributed by atoms with Gasteiger partial charge in [0.25, 0.3) is 0 Å². The number of hydrogen-bond acceptors (Lipinski definition) is 4. The van der Waals surface area contributed by atoms with Crippen molar-refractivity contribution in [3.05, 3.63) is 53.6 Å². The van der Waals surface area contributed by atoms with Crippen molar-refractivity contribution < 1.29 is 4.79 Å². The van der Waals surface area contributed by atoms with E-state index in [4.69, 9.17) is 0 Å². The van der Waals surface area contributed by atoms with E-state index < -0.39 is 0 Å². The van der Waals surface area contributed by atoms with Gasteiger partial charge in [-0.2, -0.15) is 5.10 Å². The summed E-state index contributed by atoms with van der Waals surface area (Å²) < 4.78 is 0. The highest BCUT2D eigenvalue weighted by Crippen LogP contribution is 2.24. The lowest BCUT2D eigenvalue weighted by Gasteiger charge is -2.35. The van der Waals surface area contributed by atoms with Crippen LogP contribution in [0.1, 0.15) is 30.9 Å². The number of carbonyl (C=O) groups is 1. The quantitative estimate of drug-likeness (QED) is 0.624. The number of benzene rings is 2. The van der Waals surface area contributed by atoms with Crippen LogP contribution in [0.2, 0.25) is 0 Å². The SMILES string of the molecule is CCCC(=O)Nc1ccc(CCN2CCN(c3n[nH]c4ccccc34)CC2)cc1C. The number of aromatic amines is 1. The molecule has 1 aromatic heterocycles. The number of para-hydroxylation sites is 1. The molecule has 0 spiro atoms. The van der Waals surface area contributed by atoms with E-state index in [1.54, 1.807) is 0 Å². The average Bonchev–Trinajstić information content (AvgIpc) is 3.19. The largest absolute Gasteiger partial charge is 0.352 e. The summed E-state index contributed by atoms with van der Waals surface area (Å²) in [6.45, 7) is 9.23. The van der Waals surface area contributed by atoms with Gasteiger partial charge in [0.05, 0.1) is 5.52 Å². The van der Waals surface area contributed by atoms with Gasteiger partial charge in [0, 0.05) is 50.2 Å². The van der Waals surface area contributed by atoms with Crippen LogP contribution in [0.3, 0.4) is 0 Å². The predicted octanol–water partition coefficient (Wildman–Crippen LogP) is 3.97. The number of piperazine rings is 1. The molecule has 1 amide bonds. The van der Waals surface area contributed by atoms with Crippen LogP contribution in [-0.4, -0.2) is 53.7 Å². The van der Waals surface area contributed by atoms with Crippen LogP contribution in [0.15, 0.2) is 42.5 Å². The van der Waals surface area contributed by atoms with Crippen molar-refractivity contribution in [2.45, 2.75) is 33.1 Å². The molecule has 0 atom stereocenters. The molecular formula is C24H31N5O. The third-order valence-electron chi connectivity index (χ3n) is 5.88. The van der Waals surface area contributed by atoms with Crippen molar-refractivity contribution in [2.75, 3.05) is 42.9 Å². The predicted molar refractivity (Wildman–Crippen MR) is 123 cm³/mol. The summed E-state index contributed by atoms with van der Waals surface area (Å²) in [6, 6.07) is 14.7. The molecule has 30 heavy (non-hydrogen) atoms. The van der Waals surface area contributed by atoms with E-state index in [2.05, 4.69) is 62.6 Å². The normalized spacial score (nSPS) is 14.9. The van der Waals surface area contributed by atoms with E-state index in [1.165, 1.54) is 10.9 Å². The van der Waals surface area contributed by atoms with Crippen LogP contribution in [0, 0.1) is 6.92 Å². The van der Waals surface area contributed by atoms with Crippen LogP contribution < -0.4 is 10.2 Å². The smallest absolute Gasteiger partial charge is 0.224 e. The van der Waals surface area contributed by atoms with Gasteiger partial charge < -0.3 is 10.2 Å². The molecule has 6 heteroatoms. The van der Waals surface area contributed by atoms with E-state index in [1.807, 2.05) is 19.1 Å². The molecule has 158 valence electrons. The first kappa shape index (κ1) is 20.4. The topological polar surface area (TPSA) is 64.3 Å². The van der Waals surface area contributed by atoms with Gasteiger partial charge in [-0.25, -0.2) is 0 Å². The number of anilines is 2. The van der Waals surface area contributed by atoms with Gasteiger partial charge in [-0.3, -0.25) is 14.8 Å². The zero-order chi connectivity index (χ0) is 20.9. The highest BCUT2D eigenvalue weighted by atomic mass is 16.1. The number of H-pyrrole nitrogens is 1. The molecule has 6 nitrogen and oxygen atoms in total. The lowest BCUT2D eigenvalue weighted by Crippen LogP contribution is -2.47. The Balaban J connectivity index is 1.28. The maximum atomic E-state index is 11.8.